The van der Waals surface area contributed by atoms with E-state index >= 15 is 0 Å². The first-order valence-corrected chi connectivity index (χ1v) is 4.81. The van der Waals surface area contributed by atoms with Gasteiger partial charge in [-0.25, -0.2) is 0 Å². The summed E-state index contributed by atoms with van der Waals surface area (Å²) in [5.41, 5.74) is 0. The van der Waals surface area contributed by atoms with Gasteiger partial charge in [0, 0.05) is 11.7 Å². The average molecular weight is 176 g/mol. The van der Waals surface area contributed by atoms with E-state index in [-0.39, 0.29) is 11.5 Å². The molecule has 0 aliphatic rings. The number of carbonyl (C=O) groups excluding carboxylic acids is 1. The maximum absolute atomic E-state index is 11.0. The molecule has 0 aliphatic heterocycles. The molecule has 0 aromatic rings. The number of hydrogen-bond acceptors (Lipinski definition) is 3. The van der Waals surface area contributed by atoms with Gasteiger partial charge in [0.05, 0.1) is 6.10 Å². The highest BCUT2D eigenvalue weighted by molar-refractivity contribution is 8.14. The van der Waals surface area contributed by atoms with Crippen LogP contribution in [0.1, 0.15) is 33.6 Å². The average Bonchev–Trinajstić information content (AvgIpc) is 1.85. The van der Waals surface area contributed by atoms with Crippen molar-refractivity contribution < 1.29 is 9.90 Å². The fraction of sp³-hybridized carbons (Fsp3) is 0.875. The Labute approximate surface area is 72.4 Å². The van der Waals surface area contributed by atoms with Crippen LogP contribution in [-0.2, 0) is 4.79 Å². The summed E-state index contributed by atoms with van der Waals surface area (Å²) in [5.74, 6) is 0. The Bertz CT molecular complexity index is 123. The number of hydrogen-bond donors (Lipinski definition) is 1. The summed E-state index contributed by atoms with van der Waals surface area (Å²) in [4.78, 5) is 11.0. The van der Waals surface area contributed by atoms with Crippen LogP contribution >= 0.6 is 11.8 Å². The monoisotopic (exact) mass is 176 g/mol. The summed E-state index contributed by atoms with van der Waals surface area (Å²) in [6.07, 6.45) is 0.768. The number of carbonyl (C=O) groups is 1. The highest BCUT2D eigenvalue weighted by atomic mass is 32.2. The van der Waals surface area contributed by atoms with Crippen molar-refractivity contribution in [3.8, 4) is 0 Å². The van der Waals surface area contributed by atoms with Gasteiger partial charge >= 0.3 is 0 Å². The molecule has 2 atom stereocenters. The molecular formula is C8H16O2S. The molecule has 0 aromatic heterocycles. The van der Waals surface area contributed by atoms with Crippen molar-refractivity contribution in [1.29, 1.82) is 0 Å². The minimum absolute atomic E-state index is 0.0920. The molecule has 0 saturated carbocycles. The summed E-state index contributed by atoms with van der Waals surface area (Å²) in [6, 6.07) is 0. The number of thioether (sulfide) groups is 1. The van der Waals surface area contributed by atoms with Gasteiger partial charge in [-0.2, -0.15) is 0 Å². The zero-order chi connectivity index (χ0) is 8.85. The van der Waals surface area contributed by atoms with E-state index in [2.05, 4.69) is 0 Å². The largest absolute Gasteiger partial charge is 0.393 e. The van der Waals surface area contributed by atoms with Gasteiger partial charge in [-0.1, -0.05) is 25.6 Å². The molecule has 0 spiro atoms. The molecule has 0 aromatic carbocycles. The van der Waals surface area contributed by atoms with Crippen LogP contribution in [0.4, 0.5) is 0 Å². The fourth-order valence-electron chi connectivity index (χ4n) is 0.597. The van der Waals surface area contributed by atoms with Crippen LogP contribution in [0, 0.1) is 0 Å². The van der Waals surface area contributed by atoms with Crippen LogP contribution in [0.3, 0.4) is 0 Å². The Hall–Kier alpha value is -0.0200. The first-order valence-electron chi connectivity index (χ1n) is 3.93. The maximum Gasteiger partial charge on any atom is 0.191 e. The molecule has 11 heavy (non-hydrogen) atoms. The van der Waals surface area contributed by atoms with E-state index in [1.165, 1.54) is 11.8 Å². The van der Waals surface area contributed by atoms with Gasteiger partial charge in [-0.05, 0) is 13.3 Å². The second-order valence-corrected chi connectivity index (χ2v) is 4.26. The van der Waals surface area contributed by atoms with Crippen molar-refractivity contribution in [2.45, 2.75) is 45.0 Å². The summed E-state index contributed by atoms with van der Waals surface area (Å²) < 4.78 is 0. The molecule has 0 aliphatic carbocycles. The second-order valence-electron chi connectivity index (χ2n) is 2.76. The smallest absolute Gasteiger partial charge is 0.191 e. The fourth-order valence-corrected chi connectivity index (χ4v) is 1.55. The van der Waals surface area contributed by atoms with E-state index in [1.54, 1.807) is 6.92 Å². The van der Waals surface area contributed by atoms with E-state index in [0.29, 0.717) is 5.25 Å². The molecule has 0 amide bonds. The third-order valence-electron chi connectivity index (χ3n) is 1.37. The molecular weight excluding hydrogens is 160 g/mol. The summed E-state index contributed by atoms with van der Waals surface area (Å²) in [7, 11) is 0. The van der Waals surface area contributed by atoms with Crippen LogP contribution < -0.4 is 0 Å². The van der Waals surface area contributed by atoms with Crippen LogP contribution in [0.25, 0.3) is 0 Å². The molecule has 66 valence electrons. The zero-order valence-electron chi connectivity index (χ0n) is 7.33. The van der Waals surface area contributed by atoms with E-state index < -0.39 is 6.10 Å². The van der Waals surface area contributed by atoms with Gasteiger partial charge in [0.2, 0.25) is 0 Å². The van der Waals surface area contributed by atoms with E-state index in [4.69, 9.17) is 5.11 Å². The molecule has 0 heterocycles. The lowest BCUT2D eigenvalue weighted by molar-refractivity contribution is -0.112. The molecule has 0 saturated heterocycles. The topological polar surface area (TPSA) is 37.3 Å². The molecule has 1 N–H and O–H groups in total. The van der Waals surface area contributed by atoms with Gasteiger partial charge in [-0.3, -0.25) is 4.79 Å². The van der Waals surface area contributed by atoms with Gasteiger partial charge in [0.15, 0.2) is 5.12 Å². The first kappa shape index (κ1) is 11.0. The van der Waals surface area contributed by atoms with Crippen molar-refractivity contribution in [3.63, 3.8) is 0 Å². The van der Waals surface area contributed by atoms with Crippen molar-refractivity contribution in [2.75, 3.05) is 0 Å². The lowest BCUT2D eigenvalue weighted by atomic mass is 10.3. The minimum Gasteiger partial charge on any atom is -0.393 e. The summed E-state index contributed by atoms with van der Waals surface area (Å²) in [5, 5.41) is 9.34. The third-order valence-corrected chi connectivity index (χ3v) is 2.53. The van der Waals surface area contributed by atoms with E-state index in [1.807, 2.05) is 13.8 Å². The summed E-state index contributed by atoms with van der Waals surface area (Å²) in [6.45, 7) is 5.70. The molecule has 2 unspecified atom stereocenters. The SMILES string of the molecule is CCC(C)SC(=O)CC(C)O. The van der Waals surface area contributed by atoms with E-state index in [0.717, 1.165) is 6.42 Å². The van der Waals surface area contributed by atoms with Gasteiger partial charge in [0.25, 0.3) is 0 Å². The van der Waals surface area contributed by atoms with Gasteiger partial charge < -0.3 is 5.11 Å². The molecule has 0 rings (SSSR count). The van der Waals surface area contributed by atoms with E-state index in [9.17, 15) is 4.79 Å². The lowest BCUT2D eigenvalue weighted by Crippen LogP contribution is -2.08. The Kier molecular flexibility index (Phi) is 5.60. The Balaban J connectivity index is 3.52. The normalized spacial score (nSPS) is 16.0. The predicted molar refractivity (Wildman–Crippen MR) is 48.6 cm³/mol. The molecule has 0 fully saturated rings. The summed E-state index contributed by atoms with van der Waals surface area (Å²) >= 11 is 1.33. The number of aliphatic hydroxyl groups excluding tert-OH is 1. The van der Waals surface area contributed by atoms with Crippen LogP contribution in [-0.4, -0.2) is 21.6 Å². The quantitative estimate of drug-likeness (QED) is 0.710. The predicted octanol–water partition coefficient (Wildman–Crippen LogP) is 1.82. The standard InChI is InChI=1S/C8H16O2S/c1-4-7(3)11-8(10)5-6(2)9/h6-7,9H,4-5H2,1-3H3. The van der Waals surface area contributed by atoms with Gasteiger partial charge in [0.1, 0.15) is 0 Å². The molecule has 3 heteroatoms. The van der Waals surface area contributed by atoms with Crippen molar-refractivity contribution in [1.82, 2.24) is 0 Å². The van der Waals surface area contributed by atoms with Crippen molar-refractivity contribution in [2.24, 2.45) is 0 Å². The van der Waals surface area contributed by atoms with Gasteiger partial charge in [-0.15, -0.1) is 0 Å². The number of aliphatic hydroxyl groups is 1. The first-order chi connectivity index (χ1) is 5.06. The second kappa shape index (κ2) is 5.61. The lowest BCUT2D eigenvalue weighted by Gasteiger charge is -2.07. The number of rotatable bonds is 4. The Morgan fingerprint density at radius 1 is 1.55 bits per heavy atom. The molecule has 0 bridgehead atoms. The third kappa shape index (κ3) is 6.38. The zero-order valence-corrected chi connectivity index (χ0v) is 8.15. The Morgan fingerprint density at radius 2 is 2.09 bits per heavy atom. The maximum atomic E-state index is 11.0. The molecule has 2 nitrogen and oxygen atoms in total. The highest BCUT2D eigenvalue weighted by Crippen LogP contribution is 2.16. The highest BCUT2D eigenvalue weighted by Gasteiger charge is 2.10. The Morgan fingerprint density at radius 3 is 2.45 bits per heavy atom. The van der Waals surface area contributed by atoms with Crippen LogP contribution in [0.15, 0.2) is 0 Å². The van der Waals surface area contributed by atoms with Crippen LogP contribution in [0.2, 0.25) is 0 Å². The van der Waals surface area contributed by atoms with Crippen molar-refractivity contribution >= 4 is 16.9 Å². The van der Waals surface area contributed by atoms with Crippen LogP contribution in [0.5, 0.6) is 0 Å². The van der Waals surface area contributed by atoms with Crippen molar-refractivity contribution in [3.05, 3.63) is 0 Å². The minimum atomic E-state index is -0.501. The molecule has 0 radical (unpaired) electrons.